The third kappa shape index (κ3) is 4.38. The summed E-state index contributed by atoms with van der Waals surface area (Å²) in [6, 6.07) is 5.53. The fourth-order valence-corrected chi connectivity index (χ4v) is 1.79. The van der Waals surface area contributed by atoms with Crippen molar-refractivity contribution in [2.24, 2.45) is 0 Å². The summed E-state index contributed by atoms with van der Waals surface area (Å²) in [7, 11) is 0. The first kappa shape index (κ1) is 15.2. The number of aliphatic hydroxyl groups excluding tert-OH is 1. The monoisotopic (exact) mass is 259 g/mol. The first-order valence-electron chi connectivity index (χ1n) is 6.45. The van der Waals surface area contributed by atoms with Crippen molar-refractivity contribution in [3.63, 3.8) is 0 Å². The Morgan fingerprint density at radius 2 is 2.21 bits per heavy atom. The molecule has 3 heteroatoms. The van der Waals surface area contributed by atoms with Crippen LogP contribution in [0.2, 0.25) is 0 Å². The Kier molecular flexibility index (Phi) is 6.03. The average molecular weight is 259 g/mol. The Bertz CT molecular complexity index is 490. The predicted octanol–water partition coefficient (Wildman–Crippen LogP) is 2.70. The number of allylic oxidation sites excluding steroid dienone is 3. The second-order valence-corrected chi connectivity index (χ2v) is 4.35. The fraction of sp³-hybridized carbons (Fsp3) is 0.312. The van der Waals surface area contributed by atoms with Gasteiger partial charge in [0, 0.05) is 12.1 Å². The van der Waals surface area contributed by atoms with E-state index in [1.54, 1.807) is 6.07 Å². The summed E-state index contributed by atoms with van der Waals surface area (Å²) in [5, 5.41) is 11.3. The second kappa shape index (κ2) is 7.54. The molecule has 0 bridgehead atoms. The van der Waals surface area contributed by atoms with Crippen molar-refractivity contribution in [2.75, 3.05) is 13.2 Å². The normalized spacial score (nSPS) is 10.7. The molecule has 0 aliphatic rings. The maximum absolute atomic E-state index is 11.8. The number of rotatable bonds is 6. The highest BCUT2D eigenvalue weighted by molar-refractivity contribution is 5.95. The Hall–Kier alpha value is -1.87. The molecule has 19 heavy (non-hydrogen) atoms. The summed E-state index contributed by atoms with van der Waals surface area (Å²) in [4.78, 5) is 11.8. The molecule has 2 N–H and O–H groups in total. The zero-order valence-electron chi connectivity index (χ0n) is 11.6. The number of hydrogen-bond acceptors (Lipinski definition) is 2. The fourth-order valence-electron chi connectivity index (χ4n) is 1.79. The van der Waals surface area contributed by atoms with Crippen molar-refractivity contribution in [3.05, 3.63) is 53.6 Å². The molecule has 0 atom stereocenters. The second-order valence-electron chi connectivity index (χ2n) is 4.35. The van der Waals surface area contributed by atoms with Crippen LogP contribution in [-0.2, 0) is 0 Å². The minimum absolute atomic E-state index is 0.0541. The SMILES string of the molecule is C=C(/C=C\CC)c1ccc(C(=O)NCCO)cc1C. The molecule has 0 saturated heterocycles. The van der Waals surface area contributed by atoms with Crippen LogP contribution in [0.4, 0.5) is 0 Å². The maximum Gasteiger partial charge on any atom is 0.251 e. The van der Waals surface area contributed by atoms with E-state index in [1.165, 1.54) is 0 Å². The Morgan fingerprint density at radius 3 is 2.79 bits per heavy atom. The molecule has 0 heterocycles. The van der Waals surface area contributed by atoms with Gasteiger partial charge in [-0.25, -0.2) is 0 Å². The lowest BCUT2D eigenvalue weighted by Gasteiger charge is -2.09. The van der Waals surface area contributed by atoms with Gasteiger partial charge in [-0.3, -0.25) is 4.79 Å². The Morgan fingerprint density at radius 1 is 1.47 bits per heavy atom. The molecule has 1 amide bonds. The standard InChI is InChI=1S/C16H21NO2/c1-4-5-6-12(2)15-8-7-14(11-13(15)3)16(19)17-9-10-18/h5-8,11,18H,2,4,9-10H2,1,3H3,(H,17,19)/b6-5-. The largest absolute Gasteiger partial charge is 0.395 e. The van der Waals surface area contributed by atoms with Gasteiger partial charge in [-0.15, -0.1) is 0 Å². The van der Waals surface area contributed by atoms with Gasteiger partial charge >= 0.3 is 0 Å². The molecule has 1 rings (SSSR count). The molecule has 0 aliphatic carbocycles. The number of hydrogen-bond donors (Lipinski definition) is 2. The van der Waals surface area contributed by atoms with Crippen molar-refractivity contribution >= 4 is 11.5 Å². The van der Waals surface area contributed by atoms with Gasteiger partial charge in [0.2, 0.25) is 0 Å². The van der Waals surface area contributed by atoms with Crippen LogP contribution < -0.4 is 5.32 Å². The molecule has 102 valence electrons. The van der Waals surface area contributed by atoms with E-state index in [9.17, 15) is 4.79 Å². The lowest BCUT2D eigenvalue weighted by molar-refractivity contribution is 0.0944. The van der Waals surface area contributed by atoms with Crippen molar-refractivity contribution in [3.8, 4) is 0 Å². The van der Waals surface area contributed by atoms with Crippen LogP contribution in [0.1, 0.15) is 34.8 Å². The molecule has 0 fully saturated rings. The van der Waals surface area contributed by atoms with E-state index >= 15 is 0 Å². The summed E-state index contributed by atoms with van der Waals surface area (Å²) in [5.74, 6) is -0.168. The molecule has 0 aliphatic heterocycles. The third-order valence-electron chi connectivity index (χ3n) is 2.79. The maximum atomic E-state index is 11.8. The van der Waals surface area contributed by atoms with Crippen molar-refractivity contribution in [2.45, 2.75) is 20.3 Å². The summed E-state index contributed by atoms with van der Waals surface area (Å²) >= 11 is 0. The molecular weight excluding hydrogens is 238 g/mol. The number of carbonyl (C=O) groups excluding carboxylic acids is 1. The van der Waals surface area contributed by atoms with Gasteiger partial charge in [0.15, 0.2) is 0 Å². The van der Waals surface area contributed by atoms with Gasteiger partial charge in [0.1, 0.15) is 0 Å². The van der Waals surface area contributed by atoms with Gasteiger partial charge in [-0.2, -0.15) is 0 Å². The van der Waals surface area contributed by atoms with Gasteiger partial charge in [0.25, 0.3) is 5.91 Å². The third-order valence-corrected chi connectivity index (χ3v) is 2.79. The highest BCUT2D eigenvalue weighted by atomic mass is 16.3. The van der Waals surface area contributed by atoms with Crippen molar-refractivity contribution in [1.82, 2.24) is 5.32 Å². The summed E-state index contributed by atoms with van der Waals surface area (Å²) < 4.78 is 0. The van der Waals surface area contributed by atoms with Gasteiger partial charge in [-0.1, -0.05) is 31.7 Å². The van der Waals surface area contributed by atoms with Crippen LogP contribution in [0.3, 0.4) is 0 Å². The highest BCUT2D eigenvalue weighted by Crippen LogP contribution is 2.20. The zero-order chi connectivity index (χ0) is 14.3. The first-order valence-corrected chi connectivity index (χ1v) is 6.45. The summed E-state index contributed by atoms with van der Waals surface area (Å²) in [6.45, 7) is 8.28. The molecular formula is C16H21NO2. The molecule has 1 aromatic rings. The number of amides is 1. The van der Waals surface area contributed by atoms with E-state index in [-0.39, 0.29) is 19.1 Å². The lowest BCUT2D eigenvalue weighted by atomic mass is 9.98. The molecule has 0 spiro atoms. The quantitative estimate of drug-likeness (QED) is 0.772. The van der Waals surface area contributed by atoms with E-state index in [0.717, 1.165) is 23.1 Å². The van der Waals surface area contributed by atoms with Gasteiger partial charge in [-0.05, 0) is 42.2 Å². The van der Waals surface area contributed by atoms with E-state index in [1.807, 2.05) is 25.1 Å². The van der Waals surface area contributed by atoms with Crippen molar-refractivity contribution in [1.29, 1.82) is 0 Å². The number of aliphatic hydroxyl groups is 1. The van der Waals surface area contributed by atoms with E-state index in [0.29, 0.717) is 5.56 Å². The molecule has 0 saturated carbocycles. The zero-order valence-corrected chi connectivity index (χ0v) is 11.6. The number of nitrogens with one attached hydrogen (secondary N) is 1. The van der Waals surface area contributed by atoms with Crippen molar-refractivity contribution < 1.29 is 9.90 Å². The molecule has 0 unspecified atom stereocenters. The van der Waals surface area contributed by atoms with Gasteiger partial charge in [0.05, 0.1) is 6.61 Å². The minimum Gasteiger partial charge on any atom is -0.395 e. The lowest BCUT2D eigenvalue weighted by Crippen LogP contribution is -2.26. The average Bonchev–Trinajstić information content (AvgIpc) is 2.41. The van der Waals surface area contributed by atoms with Crippen LogP contribution in [0.25, 0.3) is 5.57 Å². The van der Waals surface area contributed by atoms with E-state index < -0.39 is 0 Å². The Labute approximate surface area is 114 Å². The predicted molar refractivity (Wildman–Crippen MR) is 79.1 cm³/mol. The molecule has 0 aromatic heterocycles. The van der Waals surface area contributed by atoms with Crippen LogP contribution >= 0.6 is 0 Å². The number of aryl methyl sites for hydroxylation is 1. The molecule has 1 aromatic carbocycles. The van der Waals surface area contributed by atoms with Crippen LogP contribution in [0.15, 0.2) is 36.9 Å². The summed E-state index contributed by atoms with van der Waals surface area (Å²) in [6.07, 6.45) is 5.02. The highest BCUT2D eigenvalue weighted by Gasteiger charge is 2.07. The smallest absolute Gasteiger partial charge is 0.251 e. The molecule has 3 nitrogen and oxygen atoms in total. The van der Waals surface area contributed by atoms with Crippen LogP contribution in [0, 0.1) is 6.92 Å². The Balaban J connectivity index is 2.88. The topological polar surface area (TPSA) is 49.3 Å². The van der Waals surface area contributed by atoms with Gasteiger partial charge < -0.3 is 10.4 Å². The minimum atomic E-state index is -0.168. The summed E-state index contributed by atoms with van der Waals surface area (Å²) in [5.41, 5.74) is 3.61. The number of benzene rings is 1. The number of carbonyl (C=O) groups is 1. The first-order chi connectivity index (χ1) is 9.10. The molecule has 0 radical (unpaired) electrons. The van der Waals surface area contributed by atoms with E-state index in [4.69, 9.17) is 5.11 Å². The van der Waals surface area contributed by atoms with E-state index in [2.05, 4.69) is 24.9 Å². The van der Waals surface area contributed by atoms with Crippen LogP contribution in [-0.4, -0.2) is 24.2 Å². The van der Waals surface area contributed by atoms with Crippen LogP contribution in [0.5, 0.6) is 0 Å².